The van der Waals surface area contributed by atoms with E-state index < -0.39 is 0 Å². The third-order valence-electron chi connectivity index (χ3n) is 5.21. The van der Waals surface area contributed by atoms with Gasteiger partial charge in [-0.15, -0.1) is 11.3 Å². The Labute approximate surface area is 140 Å². The number of fused-ring (bicyclic) bond motifs is 3. The summed E-state index contributed by atoms with van der Waals surface area (Å²) in [4.78, 5) is 3.85. The van der Waals surface area contributed by atoms with Gasteiger partial charge in [0.05, 0.1) is 5.52 Å². The molecule has 3 heteroatoms. The van der Waals surface area contributed by atoms with Crippen LogP contribution in [0.5, 0.6) is 0 Å². The highest BCUT2D eigenvalue weighted by Crippen LogP contribution is 2.39. The lowest BCUT2D eigenvalue weighted by molar-refractivity contribution is 0.310. The number of rotatable bonds is 1. The van der Waals surface area contributed by atoms with Crippen molar-refractivity contribution in [3.05, 3.63) is 56.9 Å². The van der Waals surface area contributed by atoms with Gasteiger partial charge in [-0.2, -0.15) is 0 Å². The SMILES string of the molecule is Cc1cc2c3c(c1)c1c(n3CC(c3cccs3)=C2)CCN(C)C1. The fourth-order valence-electron chi connectivity index (χ4n) is 4.20. The van der Waals surface area contributed by atoms with Crippen LogP contribution in [0.1, 0.15) is 27.3 Å². The minimum atomic E-state index is 1.02. The molecule has 0 radical (unpaired) electrons. The molecule has 116 valence electrons. The van der Waals surface area contributed by atoms with Crippen LogP contribution in [0, 0.1) is 6.92 Å². The molecule has 23 heavy (non-hydrogen) atoms. The molecule has 2 aromatic heterocycles. The lowest BCUT2D eigenvalue weighted by Crippen LogP contribution is -2.27. The van der Waals surface area contributed by atoms with Crippen LogP contribution in [0.4, 0.5) is 0 Å². The van der Waals surface area contributed by atoms with E-state index in [0.29, 0.717) is 0 Å². The first-order valence-corrected chi connectivity index (χ1v) is 9.16. The van der Waals surface area contributed by atoms with E-state index in [-0.39, 0.29) is 0 Å². The summed E-state index contributed by atoms with van der Waals surface area (Å²) in [6.07, 6.45) is 3.58. The van der Waals surface area contributed by atoms with Gasteiger partial charge in [0, 0.05) is 42.0 Å². The van der Waals surface area contributed by atoms with Gasteiger partial charge in [-0.3, -0.25) is 0 Å². The maximum absolute atomic E-state index is 2.60. The van der Waals surface area contributed by atoms with Gasteiger partial charge < -0.3 is 9.47 Å². The number of hydrogen-bond donors (Lipinski definition) is 0. The van der Waals surface area contributed by atoms with E-state index in [4.69, 9.17) is 0 Å². The van der Waals surface area contributed by atoms with Crippen molar-refractivity contribution in [2.24, 2.45) is 0 Å². The predicted octanol–water partition coefficient (Wildman–Crippen LogP) is 4.55. The third-order valence-corrected chi connectivity index (χ3v) is 6.15. The van der Waals surface area contributed by atoms with Crippen LogP contribution < -0.4 is 0 Å². The van der Waals surface area contributed by atoms with Crippen LogP contribution in [0.2, 0.25) is 0 Å². The van der Waals surface area contributed by atoms with E-state index in [0.717, 1.165) is 26.1 Å². The first-order valence-electron chi connectivity index (χ1n) is 8.28. The fourth-order valence-corrected chi connectivity index (χ4v) is 4.93. The van der Waals surface area contributed by atoms with Crippen molar-refractivity contribution in [3.8, 4) is 0 Å². The molecule has 0 saturated carbocycles. The van der Waals surface area contributed by atoms with E-state index in [1.54, 1.807) is 11.3 Å². The van der Waals surface area contributed by atoms with E-state index in [9.17, 15) is 0 Å². The summed E-state index contributed by atoms with van der Waals surface area (Å²) < 4.78 is 2.60. The Morgan fingerprint density at radius 2 is 2.09 bits per heavy atom. The molecule has 0 atom stereocenters. The van der Waals surface area contributed by atoms with Crippen LogP contribution in [-0.2, 0) is 19.5 Å². The summed E-state index contributed by atoms with van der Waals surface area (Å²) in [6.45, 7) is 5.48. The Hall–Kier alpha value is -1.84. The summed E-state index contributed by atoms with van der Waals surface area (Å²) >= 11 is 1.85. The van der Waals surface area contributed by atoms with Gasteiger partial charge in [-0.25, -0.2) is 0 Å². The van der Waals surface area contributed by atoms with Gasteiger partial charge in [-0.05, 0) is 65.9 Å². The number of likely N-dealkylation sites (N-methyl/N-ethyl adjacent to an activating group) is 1. The van der Waals surface area contributed by atoms with Crippen molar-refractivity contribution in [1.29, 1.82) is 0 Å². The van der Waals surface area contributed by atoms with Crippen molar-refractivity contribution in [2.45, 2.75) is 26.4 Å². The molecular formula is C20H20N2S. The van der Waals surface area contributed by atoms with Crippen LogP contribution in [0.3, 0.4) is 0 Å². The first-order chi connectivity index (χ1) is 11.2. The Morgan fingerprint density at radius 3 is 2.91 bits per heavy atom. The summed E-state index contributed by atoms with van der Waals surface area (Å²) in [5.41, 5.74) is 8.79. The van der Waals surface area contributed by atoms with Gasteiger partial charge >= 0.3 is 0 Å². The second kappa shape index (κ2) is 4.83. The number of hydrogen-bond acceptors (Lipinski definition) is 2. The Balaban J connectivity index is 1.80. The zero-order chi connectivity index (χ0) is 15.6. The molecule has 0 N–H and O–H groups in total. The van der Waals surface area contributed by atoms with Crippen LogP contribution in [0.15, 0.2) is 29.6 Å². The predicted molar refractivity (Wildman–Crippen MR) is 98.9 cm³/mol. The summed E-state index contributed by atoms with van der Waals surface area (Å²) in [5.74, 6) is 0. The normalized spacial score (nSPS) is 17.4. The smallest absolute Gasteiger partial charge is 0.0562 e. The molecule has 2 aliphatic heterocycles. The summed E-state index contributed by atoms with van der Waals surface area (Å²) in [6, 6.07) is 9.14. The molecular weight excluding hydrogens is 300 g/mol. The second-order valence-electron chi connectivity index (χ2n) is 6.90. The lowest BCUT2D eigenvalue weighted by Gasteiger charge is -2.25. The summed E-state index contributed by atoms with van der Waals surface area (Å²) in [7, 11) is 2.23. The molecule has 3 aromatic rings. The minimum Gasteiger partial charge on any atom is -0.339 e. The summed E-state index contributed by atoms with van der Waals surface area (Å²) in [5, 5.41) is 3.65. The quantitative estimate of drug-likeness (QED) is 0.638. The van der Waals surface area contributed by atoms with Crippen molar-refractivity contribution in [2.75, 3.05) is 13.6 Å². The van der Waals surface area contributed by atoms with Crippen molar-refractivity contribution in [1.82, 2.24) is 9.47 Å². The van der Waals surface area contributed by atoms with Gasteiger partial charge in [0.25, 0.3) is 0 Å². The zero-order valence-corrected chi connectivity index (χ0v) is 14.4. The lowest BCUT2D eigenvalue weighted by atomic mass is 9.99. The Bertz CT molecular complexity index is 944. The van der Waals surface area contributed by atoms with E-state index >= 15 is 0 Å². The highest BCUT2D eigenvalue weighted by atomic mass is 32.1. The molecule has 0 aliphatic carbocycles. The number of allylic oxidation sites excluding steroid dienone is 1. The largest absolute Gasteiger partial charge is 0.339 e. The van der Waals surface area contributed by atoms with E-state index in [1.807, 2.05) is 11.3 Å². The maximum Gasteiger partial charge on any atom is 0.0562 e. The van der Waals surface area contributed by atoms with Gasteiger partial charge in [-0.1, -0.05) is 6.07 Å². The van der Waals surface area contributed by atoms with Crippen molar-refractivity contribution in [3.63, 3.8) is 0 Å². The molecule has 2 aliphatic rings. The monoisotopic (exact) mass is 320 g/mol. The molecule has 2 nitrogen and oxygen atoms in total. The highest BCUT2D eigenvalue weighted by molar-refractivity contribution is 7.11. The molecule has 4 heterocycles. The number of aryl methyl sites for hydroxylation is 1. The van der Waals surface area contributed by atoms with Crippen LogP contribution in [-0.4, -0.2) is 23.1 Å². The molecule has 5 rings (SSSR count). The van der Waals surface area contributed by atoms with Crippen molar-refractivity contribution >= 4 is 33.9 Å². The molecule has 0 unspecified atom stereocenters. The highest BCUT2D eigenvalue weighted by Gasteiger charge is 2.26. The zero-order valence-electron chi connectivity index (χ0n) is 13.6. The van der Waals surface area contributed by atoms with E-state index in [2.05, 4.69) is 59.2 Å². The van der Waals surface area contributed by atoms with Crippen LogP contribution >= 0.6 is 11.3 Å². The molecule has 0 spiro atoms. The molecule has 0 amide bonds. The second-order valence-corrected chi connectivity index (χ2v) is 7.84. The van der Waals surface area contributed by atoms with Gasteiger partial charge in [0.2, 0.25) is 0 Å². The van der Waals surface area contributed by atoms with Crippen molar-refractivity contribution < 1.29 is 0 Å². The number of nitrogens with zero attached hydrogens (tertiary/aromatic N) is 2. The third kappa shape index (κ3) is 1.97. The fraction of sp³-hybridized carbons (Fsp3) is 0.300. The standard InChI is InChI=1S/C20H20N2S/c1-13-8-14-10-15(19-4-3-7-23-19)11-22-18-5-6-21(2)12-17(18)16(9-13)20(14)22/h3-4,7-10H,5-6,11-12H2,1-2H3. The van der Waals surface area contributed by atoms with E-state index in [1.165, 1.54) is 32.5 Å². The van der Waals surface area contributed by atoms with Gasteiger partial charge in [0.15, 0.2) is 0 Å². The Morgan fingerprint density at radius 1 is 1.17 bits per heavy atom. The maximum atomic E-state index is 2.60. The average molecular weight is 320 g/mol. The number of benzene rings is 1. The Kier molecular flexibility index (Phi) is 2.85. The molecule has 0 fully saturated rings. The topological polar surface area (TPSA) is 8.17 Å². The number of aromatic nitrogens is 1. The molecule has 1 aromatic carbocycles. The first kappa shape index (κ1) is 13.6. The molecule has 0 bridgehead atoms. The minimum absolute atomic E-state index is 1.02. The molecule has 0 saturated heterocycles. The van der Waals surface area contributed by atoms with Crippen LogP contribution in [0.25, 0.3) is 22.6 Å². The number of thiophene rings is 1. The average Bonchev–Trinajstić information content (AvgIpc) is 3.15. The van der Waals surface area contributed by atoms with Gasteiger partial charge in [0.1, 0.15) is 0 Å².